The number of β-amino-alcohol motifs (C(OH)–C–C–N with tert-alkyl or cyclic N) is 1. The van der Waals surface area contributed by atoms with E-state index < -0.39 is 16.1 Å². The maximum atomic E-state index is 13.6. The lowest BCUT2D eigenvalue weighted by atomic mass is 9.97. The van der Waals surface area contributed by atoms with Crippen LogP contribution in [0, 0.1) is 0 Å². The number of likely N-dealkylation sites (N-methyl/N-ethyl adjacent to an activating group) is 1. The second-order valence-corrected chi connectivity index (χ2v) is 12.7. The highest BCUT2D eigenvalue weighted by Gasteiger charge is 2.43. The minimum Gasteiger partial charge on any atom is -0.493 e. The van der Waals surface area contributed by atoms with Crippen molar-refractivity contribution >= 4 is 38.5 Å². The summed E-state index contributed by atoms with van der Waals surface area (Å²) in [4.78, 5) is 19.7. The first kappa shape index (κ1) is 28.6. The SMILES string of the molecule is CCCOc1ccc(S(=O)(=O)N2CCN(CCO)CC2)cc1C1NC(=O)C2=C1CN(CCC)C(I)N2C. The normalized spacial score (nSPS) is 23.9. The number of rotatable bonds is 10. The van der Waals surface area contributed by atoms with Gasteiger partial charge < -0.3 is 20.1 Å². The fourth-order valence-electron chi connectivity index (χ4n) is 5.25. The van der Waals surface area contributed by atoms with Gasteiger partial charge in [0.15, 0.2) is 0 Å². The van der Waals surface area contributed by atoms with Crippen molar-refractivity contribution in [2.45, 2.75) is 41.8 Å². The highest BCUT2D eigenvalue weighted by molar-refractivity contribution is 14.1. The van der Waals surface area contributed by atoms with Gasteiger partial charge in [-0.25, -0.2) is 8.42 Å². The first-order chi connectivity index (χ1) is 17.7. The standard InChI is InChI=1S/C25H38IN5O5S/c1-4-8-30-17-20-22(27-24(33)23(20)28(3)25(30)26)19-16-18(6-7-21(19)36-15-5-2)37(34,35)31-11-9-29(10-12-31)13-14-32/h6-7,16,22,25,32H,4-5,8-15,17H2,1-3H3,(H,27,33). The molecule has 2 atom stereocenters. The number of nitrogens with zero attached hydrogens (tertiary/aromatic N) is 4. The van der Waals surface area contributed by atoms with Crippen molar-refractivity contribution in [2.75, 3.05) is 66.1 Å². The zero-order valence-electron chi connectivity index (χ0n) is 21.8. The summed E-state index contributed by atoms with van der Waals surface area (Å²) in [6, 6.07) is 4.55. The van der Waals surface area contributed by atoms with E-state index in [1.54, 1.807) is 18.2 Å². The number of aliphatic hydroxyl groups excluding tert-OH is 1. The van der Waals surface area contributed by atoms with E-state index in [2.05, 4.69) is 44.6 Å². The van der Waals surface area contributed by atoms with Crippen LogP contribution < -0.4 is 10.1 Å². The van der Waals surface area contributed by atoms with Gasteiger partial charge in [0, 0.05) is 58.4 Å². The molecule has 1 aromatic carbocycles. The largest absolute Gasteiger partial charge is 0.493 e. The molecule has 1 fully saturated rings. The lowest BCUT2D eigenvalue weighted by Gasteiger charge is -2.40. The van der Waals surface area contributed by atoms with Gasteiger partial charge in [0.25, 0.3) is 5.91 Å². The third-order valence-electron chi connectivity index (χ3n) is 7.14. The molecule has 0 aromatic heterocycles. The lowest BCUT2D eigenvalue weighted by Crippen LogP contribution is -2.49. The first-order valence-corrected chi connectivity index (χ1v) is 15.7. The lowest BCUT2D eigenvalue weighted by molar-refractivity contribution is -0.118. The van der Waals surface area contributed by atoms with Crippen LogP contribution in [0.3, 0.4) is 0 Å². The van der Waals surface area contributed by atoms with Crippen LogP contribution in [0.2, 0.25) is 0 Å². The van der Waals surface area contributed by atoms with Crippen LogP contribution in [0.25, 0.3) is 0 Å². The molecular weight excluding hydrogens is 609 g/mol. The average Bonchev–Trinajstić information content (AvgIpc) is 3.22. The van der Waals surface area contributed by atoms with Crippen LogP contribution in [-0.2, 0) is 14.8 Å². The van der Waals surface area contributed by atoms with Gasteiger partial charge in [0.1, 0.15) is 15.6 Å². The third kappa shape index (κ3) is 5.78. The number of benzene rings is 1. The number of hydrogen-bond donors (Lipinski definition) is 2. The predicted octanol–water partition coefficient (Wildman–Crippen LogP) is 1.58. The second-order valence-electron chi connectivity index (χ2n) is 9.69. The maximum Gasteiger partial charge on any atom is 0.268 e. The molecule has 0 radical (unpaired) electrons. The van der Waals surface area contributed by atoms with Gasteiger partial charge in [-0.2, -0.15) is 4.31 Å². The van der Waals surface area contributed by atoms with Crippen molar-refractivity contribution in [2.24, 2.45) is 0 Å². The van der Waals surface area contributed by atoms with E-state index >= 15 is 0 Å². The summed E-state index contributed by atoms with van der Waals surface area (Å²) in [5, 5.41) is 12.3. The number of aliphatic hydroxyl groups is 1. The number of alkyl halides is 1. The van der Waals surface area contributed by atoms with Crippen molar-refractivity contribution in [3.63, 3.8) is 0 Å². The van der Waals surface area contributed by atoms with Gasteiger partial charge in [-0.15, -0.1) is 0 Å². The number of carbonyl (C=O) groups is 1. The average molecular weight is 648 g/mol. The molecule has 37 heavy (non-hydrogen) atoms. The van der Waals surface area contributed by atoms with E-state index in [-0.39, 0.29) is 21.6 Å². The summed E-state index contributed by atoms with van der Waals surface area (Å²) < 4.78 is 34.9. The Morgan fingerprint density at radius 3 is 2.51 bits per heavy atom. The molecule has 4 rings (SSSR count). The van der Waals surface area contributed by atoms with Crippen molar-refractivity contribution in [3.8, 4) is 5.75 Å². The van der Waals surface area contributed by atoms with Crippen LogP contribution in [0.15, 0.2) is 34.4 Å². The first-order valence-electron chi connectivity index (χ1n) is 13.0. The zero-order valence-corrected chi connectivity index (χ0v) is 24.8. The number of carbonyl (C=O) groups excluding carboxylic acids is 1. The van der Waals surface area contributed by atoms with E-state index in [0.717, 1.165) is 25.0 Å². The van der Waals surface area contributed by atoms with E-state index in [1.807, 2.05) is 18.9 Å². The molecule has 3 aliphatic rings. The van der Waals surface area contributed by atoms with Gasteiger partial charge in [0.2, 0.25) is 10.0 Å². The second kappa shape index (κ2) is 12.2. The highest BCUT2D eigenvalue weighted by Crippen LogP contribution is 2.41. The molecule has 1 amide bonds. The molecule has 0 bridgehead atoms. The van der Waals surface area contributed by atoms with E-state index in [0.29, 0.717) is 62.9 Å². The summed E-state index contributed by atoms with van der Waals surface area (Å²) in [5.74, 6) is 0.448. The van der Waals surface area contributed by atoms with Crippen molar-refractivity contribution in [3.05, 3.63) is 35.0 Å². The Morgan fingerprint density at radius 2 is 1.86 bits per heavy atom. The molecule has 3 aliphatic heterocycles. The van der Waals surface area contributed by atoms with Gasteiger partial charge >= 0.3 is 0 Å². The number of sulfonamides is 1. The minimum absolute atomic E-state index is 0.0590. The Labute approximate surface area is 233 Å². The molecule has 0 spiro atoms. The summed E-state index contributed by atoms with van der Waals surface area (Å²) in [7, 11) is -1.80. The third-order valence-corrected chi connectivity index (χ3v) is 10.7. The van der Waals surface area contributed by atoms with E-state index in [4.69, 9.17) is 4.74 Å². The predicted molar refractivity (Wildman–Crippen MR) is 150 cm³/mol. The van der Waals surface area contributed by atoms with E-state index in [9.17, 15) is 18.3 Å². The van der Waals surface area contributed by atoms with Gasteiger partial charge in [-0.05, 0) is 59.2 Å². The molecule has 1 aromatic rings. The number of ether oxygens (including phenoxy) is 1. The summed E-state index contributed by atoms with van der Waals surface area (Å²) in [6.45, 7) is 8.68. The minimum atomic E-state index is -3.73. The van der Waals surface area contributed by atoms with Crippen LogP contribution in [-0.4, -0.2) is 109 Å². The van der Waals surface area contributed by atoms with Crippen LogP contribution in [0.4, 0.5) is 0 Å². The quantitative estimate of drug-likeness (QED) is 0.224. The number of hydrogen-bond acceptors (Lipinski definition) is 8. The maximum absolute atomic E-state index is 13.6. The monoisotopic (exact) mass is 647 g/mol. The van der Waals surface area contributed by atoms with Gasteiger partial charge in [0.05, 0.1) is 24.2 Å². The van der Waals surface area contributed by atoms with Crippen LogP contribution in [0.5, 0.6) is 5.75 Å². The fourth-order valence-corrected chi connectivity index (χ4v) is 7.46. The number of nitrogens with one attached hydrogen (secondary N) is 1. The molecule has 2 N–H and O–H groups in total. The fraction of sp³-hybridized carbons (Fsp3) is 0.640. The molecule has 0 saturated carbocycles. The van der Waals surface area contributed by atoms with Gasteiger partial charge in [-0.1, -0.05) is 13.8 Å². The Kier molecular flexibility index (Phi) is 9.39. The summed E-state index contributed by atoms with van der Waals surface area (Å²) in [5.41, 5.74) is 2.28. The molecule has 12 heteroatoms. The molecule has 3 heterocycles. The number of amides is 1. The van der Waals surface area contributed by atoms with Gasteiger partial charge in [-0.3, -0.25) is 14.6 Å². The molecule has 1 saturated heterocycles. The Morgan fingerprint density at radius 1 is 1.14 bits per heavy atom. The van der Waals surface area contributed by atoms with Crippen LogP contribution in [0.1, 0.15) is 38.3 Å². The summed E-state index contributed by atoms with van der Waals surface area (Å²) in [6.07, 6.45) is 1.80. The van der Waals surface area contributed by atoms with Crippen molar-refractivity contribution < 1.29 is 23.1 Å². The Balaban J connectivity index is 1.70. The zero-order chi connectivity index (χ0) is 26.7. The Hall–Kier alpha value is -1.45. The Bertz CT molecular complexity index is 1120. The smallest absolute Gasteiger partial charge is 0.268 e. The molecule has 206 valence electrons. The van der Waals surface area contributed by atoms with Crippen molar-refractivity contribution in [1.82, 2.24) is 24.3 Å². The molecule has 2 unspecified atom stereocenters. The number of piperazine rings is 1. The van der Waals surface area contributed by atoms with E-state index in [1.165, 1.54) is 4.31 Å². The number of halogens is 1. The van der Waals surface area contributed by atoms with Crippen molar-refractivity contribution in [1.29, 1.82) is 0 Å². The van der Waals surface area contributed by atoms with Crippen LogP contribution >= 0.6 is 22.6 Å². The summed E-state index contributed by atoms with van der Waals surface area (Å²) >= 11 is 2.36. The molecule has 0 aliphatic carbocycles. The molecule has 10 nitrogen and oxygen atoms in total. The highest BCUT2D eigenvalue weighted by atomic mass is 127. The topological polar surface area (TPSA) is 106 Å². The molecular formula is C25H38IN5O5S.